The number of benzene rings is 1. The van der Waals surface area contributed by atoms with E-state index in [1.807, 2.05) is 0 Å². The molecule has 4 heteroatoms. The van der Waals surface area contributed by atoms with Crippen LogP contribution in [0.25, 0.3) is 0 Å². The highest BCUT2D eigenvalue weighted by molar-refractivity contribution is 5.86. The summed E-state index contributed by atoms with van der Waals surface area (Å²) in [5, 5.41) is 8.91. The van der Waals surface area contributed by atoms with E-state index in [1.54, 1.807) is 30.3 Å². The lowest BCUT2D eigenvalue weighted by atomic mass is 10.1. The second-order valence-corrected chi connectivity index (χ2v) is 3.90. The number of nitrogens with zero attached hydrogens (tertiary/aromatic N) is 1. The molecule has 1 aromatic carbocycles. The summed E-state index contributed by atoms with van der Waals surface area (Å²) in [6.45, 7) is 0.638. The smallest absolute Gasteiger partial charge is 0.373 e. The Hall–Kier alpha value is -2.28. The SMILES string of the molecule is N#Cc1ccccc1COC(=O)C1=CCCCO1. The van der Waals surface area contributed by atoms with Gasteiger partial charge in [0.15, 0.2) is 0 Å². The zero-order valence-corrected chi connectivity index (χ0v) is 9.89. The van der Waals surface area contributed by atoms with E-state index in [0.29, 0.717) is 17.7 Å². The van der Waals surface area contributed by atoms with Gasteiger partial charge in [-0.25, -0.2) is 4.79 Å². The van der Waals surface area contributed by atoms with E-state index in [1.165, 1.54) is 0 Å². The molecule has 4 nitrogen and oxygen atoms in total. The largest absolute Gasteiger partial charge is 0.487 e. The predicted molar refractivity (Wildman–Crippen MR) is 64.2 cm³/mol. The summed E-state index contributed by atoms with van der Waals surface area (Å²) < 4.78 is 10.3. The Morgan fingerprint density at radius 1 is 1.44 bits per heavy atom. The summed E-state index contributed by atoms with van der Waals surface area (Å²) >= 11 is 0. The maximum atomic E-state index is 11.7. The molecule has 0 N–H and O–H groups in total. The van der Waals surface area contributed by atoms with E-state index >= 15 is 0 Å². The van der Waals surface area contributed by atoms with Crippen LogP contribution in [0.5, 0.6) is 0 Å². The lowest BCUT2D eigenvalue weighted by Gasteiger charge is -2.14. The highest BCUT2D eigenvalue weighted by Crippen LogP contribution is 2.14. The molecule has 18 heavy (non-hydrogen) atoms. The van der Waals surface area contributed by atoms with Crippen LogP contribution in [-0.4, -0.2) is 12.6 Å². The summed E-state index contributed by atoms with van der Waals surface area (Å²) in [4.78, 5) is 11.7. The third-order valence-corrected chi connectivity index (χ3v) is 2.63. The Morgan fingerprint density at radius 2 is 2.28 bits per heavy atom. The molecule has 1 aliphatic heterocycles. The molecule has 0 bridgehead atoms. The Balaban J connectivity index is 1.97. The zero-order chi connectivity index (χ0) is 12.8. The second kappa shape index (κ2) is 5.87. The molecule has 0 aliphatic carbocycles. The first-order valence-corrected chi connectivity index (χ1v) is 5.79. The normalized spacial score (nSPS) is 14.1. The average Bonchev–Trinajstić information content (AvgIpc) is 2.46. The third kappa shape index (κ3) is 2.89. The number of ether oxygens (including phenoxy) is 2. The van der Waals surface area contributed by atoms with Gasteiger partial charge < -0.3 is 9.47 Å². The van der Waals surface area contributed by atoms with E-state index in [-0.39, 0.29) is 12.4 Å². The molecule has 0 saturated heterocycles. The van der Waals surface area contributed by atoms with Gasteiger partial charge in [-0.1, -0.05) is 18.2 Å². The lowest BCUT2D eigenvalue weighted by molar-refractivity contribution is -0.144. The molecule has 0 atom stereocenters. The van der Waals surface area contributed by atoms with Crippen LogP contribution in [0.4, 0.5) is 0 Å². The van der Waals surface area contributed by atoms with Crippen molar-refractivity contribution in [3.63, 3.8) is 0 Å². The first-order chi connectivity index (χ1) is 8.81. The standard InChI is InChI=1S/C14H13NO3/c15-9-11-5-1-2-6-12(11)10-18-14(16)13-7-3-4-8-17-13/h1-2,5-7H,3-4,8,10H2. The molecule has 0 amide bonds. The predicted octanol–water partition coefficient (Wildman–Crippen LogP) is 2.30. The van der Waals surface area contributed by atoms with Gasteiger partial charge >= 0.3 is 5.97 Å². The molecule has 2 rings (SSSR count). The van der Waals surface area contributed by atoms with Crippen LogP contribution in [0.3, 0.4) is 0 Å². The third-order valence-electron chi connectivity index (χ3n) is 2.63. The minimum Gasteiger partial charge on any atom is -0.487 e. The second-order valence-electron chi connectivity index (χ2n) is 3.90. The van der Waals surface area contributed by atoms with E-state index in [4.69, 9.17) is 14.7 Å². The van der Waals surface area contributed by atoms with Crippen LogP contribution in [0.1, 0.15) is 24.0 Å². The molecule has 0 unspecified atom stereocenters. The molecule has 0 aromatic heterocycles. The van der Waals surface area contributed by atoms with Gasteiger partial charge in [-0.3, -0.25) is 0 Å². The molecule has 92 valence electrons. The fraction of sp³-hybridized carbons (Fsp3) is 0.286. The van der Waals surface area contributed by atoms with Crippen molar-refractivity contribution in [2.45, 2.75) is 19.4 Å². The van der Waals surface area contributed by atoms with Gasteiger partial charge in [0.05, 0.1) is 18.2 Å². The highest BCUT2D eigenvalue weighted by Gasteiger charge is 2.15. The summed E-state index contributed by atoms with van der Waals surface area (Å²) in [7, 11) is 0. The molecular formula is C14H13NO3. The number of esters is 1. The van der Waals surface area contributed by atoms with Gasteiger partial charge in [-0.05, 0) is 25.0 Å². The maximum absolute atomic E-state index is 11.7. The fourth-order valence-corrected chi connectivity index (χ4v) is 1.67. The molecule has 0 fully saturated rings. The van der Waals surface area contributed by atoms with Crippen molar-refractivity contribution in [1.29, 1.82) is 5.26 Å². The van der Waals surface area contributed by atoms with Crippen molar-refractivity contribution < 1.29 is 14.3 Å². The van der Waals surface area contributed by atoms with E-state index in [0.717, 1.165) is 12.8 Å². The van der Waals surface area contributed by atoms with E-state index in [9.17, 15) is 4.79 Å². The van der Waals surface area contributed by atoms with Crippen LogP contribution < -0.4 is 0 Å². The average molecular weight is 243 g/mol. The first-order valence-electron chi connectivity index (χ1n) is 5.79. The van der Waals surface area contributed by atoms with Crippen molar-refractivity contribution in [3.05, 3.63) is 47.2 Å². The monoisotopic (exact) mass is 243 g/mol. The Labute approximate surface area is 105 Å². The Morgan fingerprint density at radius 3 is 3.00 bits per heavy atom. The molecule has 1 aliphatic rings. The maximum Gasteiger partial charge on any atom is 0.373 e. The van der Waals surface area contributed by atoms with Crippen molar-refractivity contribution in [2.24, 2.45) is 0 Å². The Bertz CT molecular complexity index is 514. The van der Waals surface area contributed by atoms with Crippen LogP contribution in [0.15, 0.2) is 36.1 Å². The van der Waals surface area contributed by atoms with E-state index in [2.05, 4.69) is 6.07 Å². The fourth-order valence-electron chi connectivity index (χ4n) is 1.67. The van der Waals surface area contributed by atoms with Gasteiger partial charge in [0.1, 0.15) is 6.61 Å². The minimum absolute atomic E-state index is 0.0866. The number of carbonyl (C=O) groups is 1. The Kier molecular flexibility index (Phi) is 3.98. The van der Waals surface area contributed by atoms with Crippen LogP contribution in [-0.2, 0) is 20.9 Å². The molecule has 0 radical (unpaired) electrons. The van der Waals surface area contributed by atoms with Crippen LogP contribution in [0, 0.1) is 11.3 Å². The number of hydrogen-bond donors (Lipinski definition) is 0. The van der Waals surface area contributed by atoms with Crippen molar-refractivity contribution in [3.8, 4) is 6.07 Å². The summed E-state index contributed by atoms with van der Waals surface area (Å²) in [6.07, 6.45) is 3.50. The molecule has 0 saturated carbocycles. The minimum atomic E-state index is -0.470. The summed E-state index contributed by atoms with van der Waals surface area (Å²) in [5.74, 6) is -0.196. The van der Waals surface area contributed by atoms with Crippen molar-refractivity contribution >= 4 is 5.97 Å². The van der Waals surface area contributed by atoms with Gasteiger partial charge in [0.25, 0.3) is 0 Å². The van der Waals surface area contributed by atoms with Gasteiger partial charge in [-0.15, -0.1) is 0 Å². The first kappa shape index (κ1) is 12.2. The van der Waals surface area contributed by atoms with Gasteiger partial charge in [0, 0.05) is 5.56 Å². The van der Waals surface area contributed by atoms with Crippen LogP contribution >= 0.6 is 0 Å². The summed E-state index contributed by atoms with van der Waals surface area (Å²) in [6, 6.07) is 9.10. The number of allylic oxidation sites excluding steroid dienone is 1. The molecule has 1 aromatic rings. The number of nitriles is 1. The topological polar surface area (TPSA) is 59.3 Å². The number of hydrogen-bond acceptors (Lipinski definition) is 4. The molecule has 0 spiro atoms. The van der Waals surface area contributed by atoms with Gasteiger partial charge in [-0.2, -0.15) is 5.26 Å². The molecule has 1 heterocycles. The van der Waals surface area contributed by atoms with Crippen molar-refractivity contribution in [1.82, 2.24) is 0 Å². The summed E-state index contributed by atoms with van der Waals surface area (Å²) in [5.41, 5.74) is 1.22. The highest BCUT2D eigenvalue weighted by atomic mass is 16.6. The quantitative estimate of drug-likeness (QED) is 0.764. The molecular weight excluding hydrogens is 230 g/mol. The lowest BCUT2D eigenvalue weighted by Crippen LogP contribution is -2.14. The van der Waals surface area contributed by atoms with Gasteiger partial charge in [0.2, 0.25) is 5.76 Å². The zero-order valence-electron chi connectivity index (χ0n) is 9.89. The number of carbonyl (C=O) groups excluding carboxylic acids is 1. The number of rotatable bonds is 3. The van der Waals surface area contributed by atoms with Crippen molar-refractivity contribution in [2.75, 3.05) is 6.61 Å². The van der Waals surface area contributed by atoms with E-state index < -0.39 is 5.97 Å². The van der Waals surface area contributed by atoms with Crippen LogP contribution in [0.2, 0.25) is 0 Å².